The highest BCUT2D eigenvalue weighted by Crippen LogP contribution is 2.31. The summed E-state index contributed by atoms with van der Waals surface area (Å²) in [5.41, 5.74) is 7.28. The highest BCUT2D eigenvalue weighted by atomic mass is 32.1. The molecule has 1 aromatic heterocycles. The fourth-order valence-electron chi connectivity index (χ4n) is 1.61. The van der Waals surface area contributed by atoms with E-state index in [1.165, 1.54) is 11.3 Å². The number of aryl methyl sites for hydroxylation is 1. The third kappa shape index (κ3) is 3.31. The third-order valence-electron chi connectivity index (χ3n) is 2.94. The van der Waals surface area contributed by atoms with Crippen molar-refractivity contribution >= 4 is 22.2 Å². The van der Waals surface area contributed by atoms with E-state index in [1.807, 2.05) is 13.8 Å². The fourth-order valence-corrected chi connectivity index (χ4v) is 2.62. The van der Waals surface area contributed by atoms with E-state index in [1.54, 1.807) is 0 Å². The Labute approximate surface area is 112 Å². The van der Waals surface area contributed by atoms with Crippen LogP contribution in [0.25, 0.3) is 0 Å². The van der Waals surface area contributed by atoms with Crippen molar-refractivity contribution in [2.24, 2.45) is 5.73 Å². The molecule has 1 atom stereocenters. The van der Waals surface area contributed by atoms with Gasteiger partial charge in [-0.25, -0.2) is 0 Å². The van der Waals surface area contributed by atoms with E-state index in [2.05, 4.69) is 18.3 Å². The van der Waals surface area contributed by atoms with Crippen LogP contribution in [-0.4, -0.2) is 11.9 Å². The zero-order valence-electron chi connectivity index (χ0n) is 11.0. The number of nitriles is 1. The van der Waals surface area contributed by atoms with Crippen molar-refractivity contribution in [1.82, 2.24) is 0 Å². The Morgan fingerprint density at radius 2 is 2.22 bits per heavy atom. The molecule has 1 rings (SSSR count). The van der Waals surface area contributed by atoms with Gasteiger partial charge in [-0.2, -0.15) is 5.26 Å². The first-order valence-corrected chi connectivity index (χ1v) is 6.89. The molecule has 0 bridgehead atoms. The maximum atomic E-state index is 11.9. The van der Waals surface area contributed by atoms with Crippen LogP contribution in [0.3, 0.4) is 0 Å². The Hall–Kier alpha value is -1.38. The van der Waals surface area contributed by atoms with Gasteiger partial charge in [0.15, 0.2) is 0 Å². The number of rotatable bonds is 5. The molecule has 0 aliphatic heterocycles. The molecule has 1 aromatic rings. The van der Waals surface area contributed by atoms with E-state index < -0.39 is 6.04 Å². The van der Waals surface area contributed by atoms with Gasteiger partial charge in [0.05, 0.1) is 11.6 Å². The van der Waals surface area contributed by atoms with Crippen LogP contribution in [0.15, 0.2) is 0 Å². The van der Waals surface area contributed by atoms with Crippen molar-refractivity contribution in [3.05, 3.63) is 16.0 Å². The number of nitrogens with two attached hydrogens (primary N) is 1. The number of amides is 1. The van der Waals surface area contributed by atoms with Crippen LogP contribution in [0.4, 0.5) is 5.00 Å². The average molecular weight is 265 g/mol. The molecule has 0 aliphatic carbocycles. The fraction of sp³-hybridized carbons (Fsp3) is 0.538. The van der Waals surface area contributed by atoms with Gasteiger partial charge in [-0.3, -0.25) is 4.79 Å². The quantitative estimate of drug-likeness (QED) is 0.859. The lowest BCUT2D eigenvalue weighted by Gasteiger charge is -2.10. The number of unbranched alkanes of at least 4 members (excludes halogenated alkanes) is 1. The predicted molar refractivity (Wildman–Crippen MR) is 74.6 cm³/mol. The van der Waals surface area contributed by atoms with Crippen molar-refractivity contribution in [2.45, 2.75) is 46.1 Å². The second-order valence-corrected chi connectivity index (χ2v) is 5.56. The normalized spacial score (nSPS) is 11.9. The summed E-state index contributed by atoms with van der Waals surface area (Å²) in [6, 6.07) is 1.63. The second kappa shape index (κ2) is 6.53. The molecule has 18 heavy (non-hydrogen) atoms. The van der Waals surface area contributed by atoms with Gasteiger partial charge in [-0.15, -0.1) is 11.3 Å². The number of carbonyl (C=O) groups is 1. The number of nitrogens with one attached hydrogen (secondary N) is 1. The predicted octanol–water partition coefficient (Wildman–Crippen LogP) is 2.69. The highest BCUT2D eigenvalue weighted by Gasteiger charge is 2.18. The molecule has 0 aromatic carbocycles. The number of anilines is 1. The van der Waals surface area contributed by atoms with Crippen molar-refractivity contribution in [3.63, 3.8) is 0 Å². The van der Waals surface area contributed by atoms with Crippen LogP contribution in [0.2, 0.25) is 0 Å². The Morgan fingerprint density at radius 3 is 2.78 bits per heavy atom. The number of thiophene rings is 1. The standard InChI is InChI=1S/C13H19N3OS/c1-4-5-6-11(15)12(17)16-13-10(7-14)8(2)9(3)18-13/h11H,4-6,15H2,1-3H3,(H,16,17)/t11-/m0/s1. The van der Waals surface area contributed by atoms with Gasteiger partial charge in [-0.1, -0.05) is 19.8 Å². The first-order valence-electron chi connectivity index (χ1n) is 6.07. The van der Waals surface area contributed by atoms with Gasteiger partial charge < -0.3 is 11.1 Å². The van der Waals surface area contributed by atoms with Gasteiger partial charge in [-0.05, 0) is 25.8 Å². The van der Waals surface area contributed by atoms with Gasteiger partial charge in [0.1, 0.15) is 11.1 Å². The number of hydrogen-bond acceptors (Lipinski definition) is 4. The van der Waals surface area contributed by atoms with Crippen LogP contribution in [0.1, 0.15) is 42.2 Å². The van der Waals surface area contributed by atoms with Crippen molar-refractivity contribution in [2.75, 3.05) is 5.32 Å². The van der Waals surface area contributed by atoms with E-state index in [-0.39, 0.29) is 5.91 Å². The summed E-state index contributed by atoms with van der Waals surface area (Å²) in [5, 5.41) is 12.5. The molecule has 4 nitrogen and oxygen atoms in total. The van der Waals surface area contributed by atoms with Crippen molar-refractivity contribution < 1.29 is 4.79 Å². The maximum absolute atomic E-state index is 11.9. The summed E-state index contributed by atoms with van der Waals surface area (Å²) in [5.74, 6) is -0.207. The van der Waals surface area contributed by atoms with Crippen molar-refractivity contribution in [3.8, 4) is 6.07 Å². The Kier molecular flexibility index (Phi) is 5.32. The summed E-state index contributed by atoms with van der Waals surface area (Å²) < 4.78 is 0. The molecule has 3 N–H and O–H groups in total. The van der Waals surface area contributed by atoms with E-state index in [0.717, 1.165) is 23.3 Å². The molecule has 0 fully saturated rings. The molecule has 5 heteroatoms. The highest BCUT2D eigenvalue weighted by molar-refractivity contribution is 7.16. The zero-order valence-corrected chi connectivity index (χ0v) is 11.9. The van der Waals surface area contributed by atoms with Crippen LogP contribution in [0, 0.1) is 25.2 Å². The number of carbonyl (C=O) groups excluding carboxylic acids is 1. The van der Waals surface area contributed by atoms with E-state index >= 15 is 0 Å². The van der Waals surface area contributed by atoms with Crippen LogP contribution < -0.4 is 11.1 Å². The molecule has 0 saturated heterocycles. The van der Waals surface area contributed by atoms with Crippen LogP contribution in [-0.2, 0) is 4.79 Å². The average Bonchev–Trinajstić information content (AvgIpc) is 2.61. The Morgan fingerprint density at radius 1 is 1.56 bits per heavy atom. The lowest BCUT2D eigenvalue weighted by atomic mass is 10.1. The van der Waals surface area contributed by atoms with E-state index in [0.29, 0.717) is 17.0 Å². The topological polar surface area (TPSA) is 78.9 Å². The first-order chi connectivity index (χ1) is 8.51. The van der Waals surface area contributed by atoms with Gasteiger partial charge in [0, 0.05) is 4.88 Å². The first kappa shape index (κ1) is 14.7. The van der Waals surface area contributed by atoms with Crippen molar-refractivity contribution in [1.29, 1.82) is 5.26 Å². The molecule has 1 amide bonds. The minimum atomic E-state index is -0.501. The molecule has 0 spiro atoms. The summed E-state index contributed by atoms with van der Waals surface area (Å²) >= 11 is 1.43. The largest absolute Gasteiger partial charge is 0.320 e. The number of nitrogens with zero attached hydrogens (tertiary/aromatic N) is 1. The molecular formula is C13H19N3OS. The summed E-state index contributed by atoms with van der Waals surface area (Å²) in [6.07, 6.45) is 2.62. The van der Waals surface area contributed by atoms with Crippen LogP contribution in [0.5, 0.6) is 0 Å². The molecule has 0 radical (unpaired) electrons. The maximum Gasteiger partial charge on any atom is 0.241 e. The lowest BCUT2D eigenvalue weighted by Crippen LogP contribution is -2.35. The SMILES string of the molecule is CCCC[C@H](N)C(=O)Nc1sc(C)c(C)c1C#N. The summed E-state index contributed by atoms with van der Waals surface area (Å²) in [6.45, 7) is 5.88. The number of hydrogen-bond donors (Lipinski definition) is 2. The van der Waals surface area contributed by atoms with E-state index in [9.17, 15) is 4.79 Å². The Bertz CT molecular complexity index is 473. The Balaban J connectivity index is 2.76. The monoisotopic (exact) mass is 265 g/mol. The molecular weight excluding hydrogens is 246 g/mol. The minimum absolute atomic E-state index is 0.207. The molecule has 0 saturated carbocycles. The molecule has 98 valence electrons. The van der Waals surface area contributed by atoms with Gasteiger partial charge in [0.2, 0.25) is 5.91 Å². The van der Waals surface area contributed by atoms with Crippen LogP contribution >= 0.6 is 11.3 Å². The summed E-state index contributed by atoms with van der Waals surface area (Å²) in [4.78, 5) is 12.9. The van der Waals surface area contributed by atoms with E-state index in [4.69, 9.17) is 11.0 Å². The smallest absolute Gasteiger partial charge is 0.241 e. The molecule has 0 aliphatic rings. The summed E-state index contributed by atoms with van der Waals surface area (Å²) in [7, 11) is 0. The third-order valence-corrected chi connectivity index (χ3v) is 4.06. The molecule has 1 heterocycles. The molecule has 0 unspecified atom stereocenters. The van der Waals surface area contributed by atoms with Gasteiger partial charge >= 0.3 is 0 Å². The van der Waals surface area contributed by atoms with Gasteiger partial charge in [0.25, 0.3) is 0 Å². The second-order valence-electron chi connectivity index (χ2n) is 4.34. The zero-order chi connectivity index (χ0) is 13.7. The minimum Gasteiger partial charge on any atom is -0.320 e. The lowest BCUT2D eigenvalue weighted by molar-refractivity contribution is -0.117.